The molecule has 1 heterocycles. The first-order chi connectivity index (χ1) is 6.02. The van der Waals surface area contributed by atoms with Crippen LogP contribution < -0.4 is 0 Å². The molecule has 0 aromatic carbocycles. The fraction of sp³-hybridized carbons (Fsp3) is 0.500. The van der Waals surface area contributed by atoms with Crippen LogP contribution in [0.5, 0.6) is 0 Å². The average molecular weight is 248 g/mol. The summed E-state index contributed by atoms with van der Waals surface area (Å²) in [6.45, 7) is 4.01. The number of aromatic carboxylic acids is 1. The van der Waals surface area contributed by atoms with Gasteiger partial charge in [0.1, 0.15) is 0 Å². The summed E-state index contributed by atoms with van der Waals surface area (Å²) < 4.78 is 5.15. The monoisotopic (exact) mass is 247 g/mol. The van der Waals surface area contributed by atoms with Crippen LogP contribution in [0.4, 0.5) is 0 Å². The summed E-state index contributed by atoms with van der Waals surface area (Å²) in [5.41, 5.74) is 0.627. The highest BCUT2D eigenvalue weighted by atomic mass is 79.9. The first-order valence-electron chi connectivity index (χ1n) is 3.89. The van der Waals surface area contributed by atoms with Gasteiger partial charge in [0.15, 0.2) is 4.60 Å². The third kappa shape index (κ3) is 2.30. The number of aromatic nitrogens is 1. The first-order valence-corrected chi connectivity index (χ1v) is 4.69. The average Bonchev–Trinajstić information content (AvgIpc) is 2.32. The molecule has 0 unspecified atom stereocenters. The molecule has 0 fully saturated rings. The summed E-state index contributed by atoms with van der Waals surface area (Å²) in [4.78, 5) is 10.7. The molecule has 13 heavy (non-hydrogen) atoms. The number of nitrogens with zero attached hydrogens (tertiary/aromatic N) is 1. The summed E-state index contributed by atoms with van der Waals surface area (Å²) in [5.74, 6) is -0.775. The number of carboxylic acids is 1. The zero-order chi connectivity index (χ0) is 10.0. The maximum absolute atomic E-state index is 10.7. The van der Waals surface area contributed by atoms with Crippen LogP contribution in [0.15, 0.2) is 9.13 Å². The van der Waals surface area contributed by atoms with E-state index in [0.29, 0.717) is 22.5 Å². The van der Waals surface area contributed by atoms with E-state index >= 15 is 0 Å². The molecule has 0 amide bonds. The van der Waals surface area contributed by atoms with Gasteiger partial charge in [-0.15, -0.1) is 0 Å². The van der Waals surface area contributed by atoms with Crippen LogP contribution in [0, 0.1) is 5.92 Å². The van der Waals surface area contributed by atoms with Crippen molar-refractivity contribution in [3.05, 3.63) is 15.9 Å². The molecule has 1 aromatic heterocycles. The van der Waals surface area contributed by atoms with Gasteiger partial charge in [-0.2, -0.15) is 0 Å². The van der Waals surface area contributed by atoms with Crippen molar-refractivity contribution in [1.29, 1.82) is 0 Å². The summed E-state index contributed by atoms with van der Waals surface area (Å²) in [6.07, 6.45) is 0.645. The van der Waals surface area contributed by atoms with Crippen molar-refractivity contribution >= 4 is 21.9 Å². The van der Waals surface area contributed by atoms with Crippen LogP contribution >= 0.6 is 15.9 Å². The first kappa shape index (κ1) is 10.2. The molecule has 0 aliphatic rings. The van der Waals surface area contributed by atoms with Crippen molar-refractivity contribution in [1.82, 2.24) is 5.16 Å². The molecular formula is C8H10BrNO3. The van der Waals surface area contributed by atoms with E-state index < -0.39 is 5.97 Å². The van der Waals surface area contributed by atoms with Crippen LogP contribution in [0.1, 0.15) is 30.0 Å². The van der Waals surface area contributed by atoms with Gasteiger partial charge in [0.25, 0.3) is 0 Å². The van der Waals surface area contributed by atoms with Gasteiger partial charge in [-0.1, -0.05) is 19.0 Å². The van der Waals surface area contributed by atoms with E-state index in [-0.39, 0.29) is 5.76 Å². The molecule has 1 aromatic rings. The minimum Gasteiger partial charge on any atom is -0.475 e. The number of halogens is 1. The van der Waals surface area contributed by atoms with Gasteiger partial charge >= 0.3 is 5.97 Å². The van der Waals surface area contributed by atoms with Crippen LogP contribution in [0.25, 0.3) is 0 Å². The molecule has 0 aliphatic heterocycles. The SMILES string of the molecule is CC(C)Cc1c(Br)noc1C(=O)O. The Labute approximate surface area is 84.0 Å². The Hall–Kier alpha value is -0.840. The number of rotatable bonds is 3. The van der Waals surface area contributed by atoms with E-state index in [1.807, 2.05) is 13.8 Å². The molecule has 0 saturated heterocycles. The van der Waals surface area contributed by atoms with Crippen molar-refractivity contribution in [2.75, 3.05) is 0 Å². The summed E-state index contributed by atoms with van der Waals surface area (Å²) in [7, 11) is 0. The molecule has 0 radical (unpaired) electrons. The lowest BCUT2D eigenvalue weighted by Crippen LogP contribution is -2.02. The second-order valence-electron chi connectivity index (χ2n) is 3.18. The fourth-order valence-corrected chi connectivity index (χ4v) is 1.46. The second kappa shape index (κ2) is 3.91. The largest absolute Gasteiger partial charge is 0.475 e. The van der Waals surface area contributed by atoms with Crippen LogP contribution in [-0.4, -0.2) is 16.2 Å². The number of carbonyl (C=O) groups is 1. The van der Waals surface area contributed by atoms with Crippen LogP contribution in [-0.2, 0) is 6.42 Å². The van der Waals surface area contributed by atoms with Gasteiger partial charge in [0.2, 0.25) is 5.76 Å². The predicted molar refractivity (Wildman–Crippen MR) is 49.7 cm³/mol. The molecule has 72 valence electrons. The smallest absolute Gasteiger partial charge is 0.375 e. The molecule has 0 atom stereocenters. The van der Waals surface area contributed by atoms with E-state index in [9.17, 15) is 4.79 Å². The molecule has 0 aliphatic carbocycles. The Morgan fingerprint density at radius 2 is 2.31 bits per heavy atom. The van der Waals surface area contributed by atoms with Gasteiger partial charge in [-0.05, 0) is 28.3 Å². The number of carboxylic acid groups (broad SMARTS) is 1. The second-order valence-corrected chi connectivity index (χ2v) is 3.94. The lowest BCUT2D eigenvalue weighted by molar-refractivity contribution is 0.0650. The number of hydrogen-bond acceptors (Lipinski definition) is 3. The predicted octanol–water partition coefficient (Wildman–Crippen LogP) is 2.33. The molecule has 0 saturated carbocycles. The Balaban J connectivity index is 3.01. The zero-order valence-corrected chi connectivity index (χ0v) is 8.96. The standard InChI is InChI=1S/C8H10BrNO3/c1-4(2)3-5-6(8(11)12)13-10-7(5)9/h4H,3H2,1-2H3,(H,11,12). The van der Waals surface area contributed by atoms with Crippen molar-refractivity contribution in [2.45, 2.75) is 20.3 Å². The molecule has 5 heteroatoms. The van der Waals surface area contributed by atoms with Crippen molar-refractivity contribution in [2.24, 2.45) is 5.92 Å². The molecule has 0 bridgehead atoms. The lowest BCUT2D eigenvalue weighted by atomic mass is 10.0. The minimum atomic E-state index is -1.08. The Bertz CT molecular complexity index is 319. The van der Waals surface area contributed by atoms with Gasteiger partial charge in [-0.25, -0.2) is 4.79 Å². The lowest BCUT2D eigenvalue weighted by Gasteiger charge is -2.01. The van der Waals surface area contributed by atoms with Crippen LogP contribution in [0.2, 0.25) is 0 Å². The Morgan fingerprint density at radius 3 is 2.77 bits per heavy atom. The van der Waals surface area contributed by atoms with E-state index in [0.717, 1.165) is 0 Å². The van der Waals surface area contributed by atoms with Gasteiger partial charge < -0.3 is 9.63 Å². The third-order valence-corrected chi connectivity index (χ3v) is 2.17. The molecule has 4 nitrogen and oxygen atoms in total. The van der Waals surface area contributed by atoms with Gasteiger partial charge in [0, 0.05) is 5.56 Å². The Morgan fingerprint density at radius 1 is 1.69 bits per heavy atom. The topological polar surface area (TPSA) is 63.3 Å². The van der Waals surface area contributed by atoms with Crippen molar-refractivity contribution in [3.63, 3.8) is 0 Å². The highest BCUT2D eigenvalue weighted by Gasteiger charge is 2.20. The maximum atomic E-state index is 10.7. The minimum absolute atomic E-state index is 0.0689. The van der Waals surface area contributed by atoms with Gasteiger partial charge in [-0.3, -0.25) is 0 Å². The van der Waals surface area contributed by atoms with Gasteiger partial charge in [0.05, 0.1) is 0 Å². The quantitative estimate of drug-likeness (QED) is 0.891. The normalized spacial score (nSPS) is 10.8. The van der Waals surface area contributed by atoms with E-state index in [4.69, 9.17) is 5.11 Å². The molecule has 1 rings (SSSR count). The number of hydrogen-bond donors (Lipinski definition) is 1. The van der Waals surface area contributed by atoms with E-state index in [1.54, 1.807) is 0 Å². The van der Waals surface area contributed by atoms with E-state index in [1.165, 1.54) is 0 Å². The summed E-state index contributed by atoms with van der Waals surface area (Å²) in [5, 5.41) is 12.3. The maximum Gasteiger partial charge on any atom is 0.375 e. The molecular weight excluding hydrogens is 238 g/mol. The van der Waals surface area contributed by atoms with E-state index in [2.05, 4.69) is 25.6 Å². The zero-order valence-electron chi connectivity index (χ0n) is 7.37. The molecule has 1 N–H and O–H groups in total. The highest BCUT2D eigenvalue weighted by molar-refractivity contribution is 9.10. The summed E-state index contributed by atoms with van der Waals surface area (Å²) >= 11 is 3.15. The van der Waals surface area contributed by atoms with Crippen molar-refractivity contribution in [3.8, 4) is 0 Å². The van der Waals surface area contributed by atoms with Crippen LogP contribution in [0.3, 0.4) is 0 Å². The fourth-order valence-electron chi connectivity index (χ4n) is 1.04. The summed E-state index contributed by atoms with van der Waals surface area (Å²) in [6, 6.07) is 0. The Kier molecular flexibility index (Phi) is 3.08. The van der Waals surface area contributed by atoms with Crippen molar-refractivity contribution < 1.29 is 14.4 Å². The third-order valence-electron chi connectivity index (χ3n) is 1.55. The highest BCUT2D eigenvalue weighted by Crippen LogP contribution is 2.22. The molecule has 0 spiro atoms.